The van der Waals surface area contributed by atoms with E-state index in [1.54, 1.807) is 18.2 Å². The van der Waals surface area contributed by atoms with Gasteiger partial charge in [-0.1, -0.05) is 30.3 Å². The standard InChI is InChI=1S/C10H11NO4/c1-15-9(13)10(14,8(11)12)7-5-3-2-4-6-7/h2-6,14H,1H3,(H2,11,12). The number of carbonyl (C=O) groups is 2. The topological polar surface area (TPSA) is 89.6 Å². The number of amides is 1. The maximum Gasteiger partial charge on any atom is 0.352 e. The van der Waals surface area contributed by atoms with E-state index < -0.39 is 17.5 Å². The van der Waals surface area contributed by atoms with Gasteiger partial charge in [0.05, 0.1) is 7.11 Å². The van der Waals surface area contributed by atoms with Crippen LogP contribution in [0.1, 0.15) is 5.56 Å². The van der Waals surface area contributed by atoms with E-state index in [9.17, 15) is 14.7 Å². The van der Waals surface area contributed by atoms with Crippen LogP contribution in [0.5, 0.6) is 0 Å². The largest absolute Gasteiger partial charge is 0.466 e. The first-order valence-electron chi connectivity index (χ1n) is 4.19. The molecule has 0 fully saturated rings. The third-order valence-corrected chi connectivity index (χ3v) is 2.03. The molecule has 15 heavy (non-hydrogen) atoms. The summed E-state index contributed by atoms with van der Waals surface area (Å²) in [6, 6.07) is 7.67. The van der Waals surface area contributed by atoms with Crippen molar-refractivity contribution in [1.82, 2.24) is 0 Å². The van der Waals surface area contributed by atoms with Crippen LogP contribution in [0.3, 0.4) is 0 Å². The minimum atomic E-state index is -2.42. The zero-order valence-corrected chi connectivity index (χ0v) is 8.14. The summed E-state index contributed by atoms with van der Waals surface area (Å²) in [7, 11) is 1.07. The fourth-order valence-corrected chi connectivity index (χ4v) is 1.19. The van der Waals surface area contributed by atoms with E-state index in [4.69, 9.17) is 5.73 Å². The molecule has 0 heterocycles. The van der Waals surface area contributed by atoms with Gasteiger partial charge in [-0.3, -0.25) is 4.79 Å². The van der Waals surface area contributed by atoms with Crippen LogP contribution in [0.15, 0.2) is 30.3 Å². The van der Waals surface area contributed by atoms with Crippen LogP contribution in [-0.2, 0) is 19.9 Å². The van der Waals surface area contributed by atoms with Crippen LogP contribution in [0.2, 0.25) is 0 Å². The van der Waals surface area contributed by atoms with Crippen LogP contribution >= 0.6 is 0 Å². The summed E-state index contributed by atoms with van der Waals surface area (Å²) < 4.78 is 4.34. The number of nitrogens with two attached hydrogens (primary N) is 1. The number of hydrogen-bond donors (Lipinski definition) is 2. The van der Waals surface area contributed by atoms with Gasteiger partial charge >= 0.3 is 5.97 Å². The Morgan fingerprint density at radius 3 is 2.27 bits per heavy atom. The fraction of sp³-hybridized carbons (Fsp3) is 0.200. The van der Waals surface area contributed by atoms with E-state index in [-0.39, 0.29) is 5.56 Å². The second kappa shape index (κ2) is 4.10. The van der Waals surface area contributed by atoms with Gasteiger partial charge in [-0.15, -0.1) is 0 Å². The Hall–Kier alpha value is -1.88. The Kier molecular flexibility index (Phi) is 3.06. The van der Waals surface area contributed by atoms with Crippen molar-refractivity contribution in [2.75, 3.05) is 7.11 Å². The van der Waals surface area contributed by atoms with E-state index in [1.807, 2.05) is 0 Å². The first-order chi connectivity index (χ1) is 7.03. The van der Waals surface area contributed by atoms with Crippen LogP contribution in [0.4, 0.5) is 0 Å². The van der Waals surface area contributed by atoms with Gasteiger partial charge < -0.3 is 15.6 Å². The lowest BCUT2D eigenvalue weighted by Crippen LogP contribution is -2.48. The third-order valence-electron chi connectivity index (χ3n) is 2.03. The maximum atomic E-state index is 11.3. The lowest BCUT2D eigenvalue weighted by Gasteiger charge is -2.21. The smallest absolute Gasteiger partial charge is 0.352 e. The van der Waals surface area contributed by atoms with Gasteiger partial charge in [-0.05, 0) is 0 Å². The van der Waals surface area contributed by atoms with Crippen molar-refractivity contribution >= 4 is 11.9 Å². The van der Waals surface area contributed by atoms with E-state index in [1.165, 1.54) is 12.1 Å². The zero-order valence-electron chi connectivity index (χ0n) is 8.14. The molecule has 0 spiro atoms. The Morgan fingerprint density at radius 2 is 1.87 bits per heavy atom. The molecule has 5 heteroatoms. The number of benzene rings is 1. The lowest BCUT2D eigenvalue weighted by molar-refractivity contribution is -0.169. The summed E-state index contributed by atoms with van der Waals surface area (Å²) in [4.78, 5) is 22.4. The molecule has 1 atom stereocenters. The number of ether oxygens (including phenoxy) is 1. The maximum absolute atomic E-state index is 11.3. The average Bonchev–Trinajstić information content (AvgIpc) is 2.27. The number of methoxy groups -OCH3 is 1. The molecule has 0 saturated heterocycles. The molecule has 1 unspecified atom stereocenters. The van der Waals surface area contributed by atoms with Gasteiger partial charge in [-0.2, -0.15) is 0 Å². The molecule has 0 aromatic heterocycles. The van der Waals surface area contributed by atoms with Gasteiger partial charge in [-0.25, -0.2) is 4.79 Å². The molecule has 0 radical (unpaired) electrons. The Labute approximate surface area is 86.5 Å². The molecule has 3 N–H and O–H groups in total. The molecule has 0 saturated carbocycles. The molecule has 0 aliphatic rings. The van der Waals surface area contributed by atoms with Gasteiger partial charge in [0.2, 0.25) is 0 Å². The van der Waals surface area contributed by atoms with Crippen LogP contribution in [0.25, 0.3) is 0 Å². The predicted octanol–water partition coefficient (Wildman–Crippen LogP) is -0.468. The molecule has 1 amide bonds. The lowest BCUT2D eigenvalue weighted by atomic mass is 9.93. The van der Waals surface area contributed by atoms with Crippen LogP contribution in [-0.4, -0.2) is 24.1 Å². The highest BCUT2D eigenvalue weighted by atomic mass is 16.5. The van der Waals surface area contributed by atoms with Crippen molar-refractivity contribution in [1.29, 1.82) is 0 Å². The molecule has 1 rings (SSSR count). The van der Waals surface area contributed by atoms with Crippen molar-refractivity contribution in [2.24, 2.45) is 5.73 Å². The molecule has 0 aliphatic heterocycles. The minimum Gasteiger partial charge on any atom is -0.466 e. The highest BCUT2D eigenvalue weighted by Crippen LogP contribution is 2.21. The summed E-state index contributed by atoms with van der Waals surface area (Å²) in [6.45, 7) is 0. The van der Waals surface area contributed by atoms with Crippen molar-refractivity contribution in [3.63, 3.8) is 0 Å². The summed E-state index contributed by atoms with van der Waals surface area (Å²) in [5, 5.41) is 9.88. The van der Waals surface area contributed by atoms with E-state index >= 15 is 0 Å². The molecule has 80 valence electrons. The summed E-state index contributed by atoms with van der Waals surface area (Å²) in [6.07, 6.45) is 0. The predicted molar refractivity (Wildman–Crippen MR) is 51.5 cm³/mol. The monoisotopic (exact) mass is 209 g/mol. The van der Waals surface area contributed by atoms with Gasteiger partial charge in [0, 0.05) is 5.56 Å². The Morgan fingerprint density at radius 1 is 1.33 bits per heavy atom. The second-order valence-corrected chi connectivity index (χ2v) is 2.93. The summed E-state index contributed by atoms with van der Waals surface area (Å²) >= 11 is 0. The van der Waals surface area contributed by atoms with Crippen LogP contribution < -0.4 is 5.73 Å². The first kappa shape index (κ1) is 11.2. The number of hydrogen-bond acceptors (Lipinski definition) is 4. The molecular weight excluding hydrogens is 198 g/mol. The Bertz CT molecular complexity index is 376. The molecule has 0 bridgehead atoms. The summed E-state index contributed by atoms with van der Waals surface area (Å²) in [5.74, 6) is -2.26. The SMILES string of the molecule is COC(=O)C(O)(C(N)=O)c1ccccc1. The van der Waals surface area contributed by atoms with Crippen molar-refractivity contribution in [3.8, 4) is 0 Å². The number of aliphatic hydroxyl groups is 1. The van der Waals surface area contributed by atoms with Gasteiger partial charge in [0.25, 0.3) is 11.5 Å². The number of rotatable bonds is 3. The second-order valence-electron chi connectivity index (χ2n) is 2.93. The highest BCUT2D eigenvalue weighted by molar-refractivity contribution is 6.05. The average molecular weight is 209 g/mol. The van der Waals surface area contributed by atoms with Gasteiger partial charge in [0.15, 0.2) is 0 Å². The zero-order chi connectivity index (χ0) is 11.5. The van der Waals surface area contributed by atoms with E-state index in [2.05, 4.69) is 4.74 Å². The third kappa shape index (κ3) is 1.82. The molecule has 5 nitrogen and oxygen atoms in total. The first-order valence-corrected chi connectivity index (χ1v) is 4.19. The Balaban J connectivity index is 3.25. The van der Waals surface area contributed by atoms with E-state index in [0.29, 0.717) is 0 Å². The normalized spacial score (nSPS) is 14.0. The molecule has 1 aromatic carbocycles. The summed E-state index contributed by atoms with van der Waals surface area (Å²) in [5.41, 5.74) is 2.66. The minimum absolute atomic E-state index is 0.0874. The molecular formula is C10H11NO4. The molecule has 1 aromatic rings. The highest BCUT2D eigenvalue weighted by Gasteiger charge is 2.45. The van der Waals surface area contributed by atoms with Crippen LogP contribution in [0, 0.1) is 0 Å². The molecule has 0 aliphatic carbocycles. The van der Waals surface area contributed by atoms with E-state index in [0.717, 1.165) is 7.11 Å². The number of primary amides is 1. The van der Waals surface area contributed by atoms with Crippen molar-refractivity contribution in [2.45, 2.75) is 5.60 Å². The fourth-order valence-electron chi connectivity index (χ4n) is 1.19. The number of esters is 1. The van der Waals surface area contributed by atoms with Crippen molar-refractivity contribution in [3.05, 3.63) is 35.9 Å². The quantitative estimate of drug-likeness (QED) is 0.520. The van der Waals surface area contributed by atoms with Gasteiger partial charge in [0.1, 0.15) is 0 Å². The van der Waals surface area contributed by atoms with Crippen molar-refractivity contribution < 1.29 is 19.4 Å². The number of carbonyl (C=O) groups excluding carboxylic acids is 2.